The molecule has 0 aliphatic carbocycles. The van der Waals surface area contributed by atoms with E-state index in [1.807, 2.05) is 61.7 Å². The Balaban J connectivity index is 1.12. The van der Waals surface area contributed by atoms with E-state index in [1.54, 1.807) is 10.9 Å². The van der Waals surface area contributed by atoms with Crippen LogP contribution in [0.5, 0.6) is 0 Å². The SMILES string of the molecule is Cc1ccc(-n2nc(C(C)(C)C)cc2NC(=O)Nc2ccc(-c3ccc(CN4CC5CC4CO5)nc3)c3ccccc23)cn1. The number of carbonyl (C=O) groups excluding carboxylic acids is 1. The van der Waals surface area contributed by atoms with Crippen molar-refractivity contribution in [2.24, 2.45) is 0 Å². The van der Waals surface area contributed by atoms with E-state index >= 15 is 0 Å². The molecule has 0 spiro atoms. The number of nitrogens with zero attached hydrogens (tertiary/aromatic N) is 5. The van der Waals surface area contributed by atoms with Gasteiger partial charge in [0.15, 0.2) is 0 Å². The zero-order valence-corrected chi connectivity index (χ0v) is 25.5. The highest BCUT2D eigenvalue weighted by molar-refractivity contribution is 6.09. The van der Waals surface area contributed by atoms with Crippen molar-refractivity contribution >= 4 is 28.3 Å². The first kappa shape index (κ1) is 28.2. The monoisotopic (exact) mass is 587 g/mol. The zero-order chi connectivity index (χ0) is 30.4. The van der Waals surface area contributed by atoms with Gasteiger partial charge in [-0.15, -0.1) is 0 Å². The molecule has 44 heavy (non-hydrogen) atoms. The maximum atomic E-state index is 13.4. The Bertz CT molecular complexity index is 1820. The van der Waals surface area contributed by atoms with Crippen molar-refractivity contribution in [2.45, 2.75) is 58.2 Å². The van der Waals surface area contributed by atoms with E-state index in [-0.39, 0.29) is 11.4 Å². The lowest BCUT2D eigenvalue weighted by Gasteiger charge is -2.26. The highest BCUT2D eigenvalue weighted by atomic mass is 16.5. The van der Waals surface area contributed by atoms with Crippen LogP contribution < -0.4 is 10.6 Å². The Morgan fingerprint density at radius 3 is 2.50 bits per heavy atom. The normalized spacial score (nSPS) is 18.2. The number of fused-ring (bicyclic) bond motifs is 3. The minimum atomic E-state index is -0.350. The van der Waals surface area contributed by atoms with Crippen LogP contribution in [0, 0.1) is 6.92 Å². The lowest BCUT2D eigenvalue weighted by atomic mass is 9.92. The van der Waals surface area contributed by atoms with Crippen molar-refractivity contribution in [3.05, 3.63) is 96.2 Å². The fraction of sp³-hybridized carbons (Fsp3) is 0.314. The van der Waals surface area contributed by atoms with Gasteiger partial charge in [-0.25, -0.2) is 9.48 Å². The average molecular weight is 588 g/mol. The van der Waals surface area contributed by atoms with Crippen molar-refractivity contribution in [1.82, 2.24) is 24.6 Å². The van der Waals surface area contributed by atoms with Crippen molar-refractivity contribution in [3.63, 3.8) is 0 Å². The van der Waals surface area contributed by atoms with Gasteiger partial charge in [-0.1, -0.05) is 57.2 Å². The highest BCUT2D eigenvalue weighted by Crippen LogP contribution is 2.34. The number of hydrogen-bond donors (Lipinski definition) is 2. The van der Waals surface area contributed by atoms with Crippen LogP contribution in [0.4, 0.5) is 16.3 Å². The van der Waals surface area contributed by atoms with Gasteiger partial charge in [-0.2, -0.15) is 5.10 Å². The van der Waals surface area contributed by atoms with Crippen molar-refractivity contribution in [1.29, 1.82) is 0 Å². The van der Waals surface area contributed by atoms with Crippen LogP contribution in [0.2, 0.25) is 0 Å². The zero-order valence-electron chi connectivity index (χ0n) is 25.5. The second-order valence-electron chi connectivity index (χ2n) is 12.8. The van der Waals surface area contributed by atoms with Crippen LogP contribution in [0.25, 0.3) is 27.6 Å². The minimum Gasteiger partial charge on any atom is -0.375 e. The minimum absolute atomic E-state index is 0.196. The molecule has 2 aromatic carbocycles. The largest absolute Gasteiger partial charge is 0.375 e. The summed E-state index contributed by atoms with van der Waals surface area (Å²) in [6.07, 6.45) is 5.23. The molecule has 2 unspecified atom stereocenters. The van der Waals surface area contributed by atoms with E-state index in [2.05, 4.69) is 59.5 Å². The van der Waals surface area contributed by atoms with Gasteiger partial charge in [0.2, 0.25) is 0 Å². The number of pyridine rings is 2. The molecule has 5 aromatic rings. The number of aromatic nitrogens is 4. The molecule has 2 atom stereocenters. The van der Waals surface area contributed by atoms with Gasteiger partial charge in [-0.05, 0) is 48.6 Å². The number of hydrogen-bond acceptors (Lipinski definition) is 6. The second kappa shape index (κ2) is 11.2. The summed E-state index contributed by atoms with van der Waals surface area (Å²) < 4.78 is 7.47. The highest BCUT2D eigenvalue weighted by Gasteiger charge is 2.38. The number of urea groups is 1. The fourth-order valence-electron chi connectivity index (χ4n) is 6.11. The van der Waals surface area contributed by atoms with Crippen LogP contribution in [0.1, 0.15) is 44.3 Å². The first-order chi connectivity index (χ1) is 21.2. The predicted molar refractivity (Wildman–Crippen MR) is 173 cm³/mol. The predicted octanol–water partition coefficient (Wildman–Crippen LogP) is 6.71. The summed E-state index contributed by atoms with van der Waals surface area (Å²) in [5.74, 6) is 0.569. The molecule has 2 aliphatic heterocycles. The molecular formula is C35H37N7O2. The third kappa shape index (κ3) is 5.56. The molecule has 2 bridgehead atoms. The number of likely N-dealkylation sites (tertiary alicyclic amines) is 1. The number of carbonyl (C=O) groups is 1. The van der Waals surface area contributed by atoms with E-state index in [9.17, 15) is 4.79 Å². The number of rotatable bonds is 6. The number of benzene rings is 2. The van der Waals surface area contributed by atoms with Crippen LogP contribution in [0.15, 0.2) is 79.1 Å². The molecule has 7 rings (SSSR count). The number of morpholine rings is 1. The van der Waals surface area contributed by atoms with Gasteiger partial charge in [0.25, 0.3) is 0 Å². The van der Waals surface area contributed by atoms with E-state index < -0.39 is 0 Å². The van der Waals surface area contributed by atoms with E-state index in [4.69, 9.17) is 14.8 Å². The average Bonchev–Trinajstić information content (AvgIpc) is 3.75. The fourth-order valence-corrected chi connectivity index (χ4v) is 6.11. The topological polar surface area (TPSA) is 97.2 Å². The summed E-state index contributed by atoms with van der Waals surface area (Å²) in [5, 5.41) is 12.9. The Labute approximate surface area is 257 Å². The Hall–Kier alpha value is -4.60. The molecule has 2 N–H and O–H groups in total. The lowest BCUT2D eigenvalue weighted by Crippen LogP contribution is -2.36. The van der Waals surface area contributed by atoms with Crippen LogP contribution in [0.3, 0.4) is 0 Å². The Kier molecular flexibility index (Phi) is 7.14. The molecule has 224 valence electrons. The molecule has 9 heteroatoms. The molecule has 2 aliphatic rings. The summed E-state index contributed by atoms with van der Waals surface area (Å²) >= 11 is 0. The molecule has 3 aromatic heterocycles. The number of nitrogens with one attached hydrogen (secondary N) is 2. The molecule has 2 saturated heterocycles. The summed E-state index contributed by atoms with van der Waals surface area (Å²) in [6.45, 7) is 10.9. The molecule has 2 amide bonds. The Morgan fingerprint density at radius 2 is 1.82 bits per heavy atom. The van der Waals surface area contributed by atoms with Gasteiger partial charge in [-0.3, -0.25) is 20.2 Å². The maximum absolute atomic E-state index is 13.4. The van der Waals surface area contributed by atoms with Gasteiger partial charge in [0, 0.05) is 53.5 Å². The summed E-state index contributed by atoms with van der Waals surface area (Å²) in [5.41, 5.74) is 6.25. The summed E-state index contributed by atoms with van der Waals surface area (Å²) in [6, 6.07) is 22.3. The number of ether oxygens (including phenoxy) is 1. The number of anilines is 2. The number of aryl methyl sites for hydroxylation is 1. The van der Waals surface area contributed by atoms with Crippen LogP contribution in [-0.2, 0) is 16.7 Å². The first-order valence-corrected chi connectivity index (χ1v) is 15.2. The molecular weight excluding hydrogens is 550 g/mol. The van der Waals surface area contributed by atoms with Gasteiger partial charge >= 0.3 is 6.03 Å². The van der Waals surface area contributed by atoms with Crippen LogP contribution >= 0.6 is 0 Å². The second-order valence-corrected chi connectivity index (χ2v) is 12.8. The molecule has 0 saturated carbocycles. The van der Waals surface area contributed by atoms with E-state index in [0.717, 1.165) is 76.5 Å². The van der Waals surface area contributed by atoms with Crippen molar-refractivity contribution in [2.75, 3.05) is 23.8 Å². The first-order valence-electron chi connectivity index (χ1n) is 15.2. The standard InChI is InChI=1S/C35H37N7O2/c1-22-9-12-25(18-36-22)42-33(16-32(40-42)35(2,3)4)39-34(43)38-31-14-13-28(29-7-5-6-8-30(29)31)23-10-11-24(37-17-23)19-41-20-27-15-26(41)21-44-27/h5-14,16-18,26-27H,15,19-21H2,1-4H3,(H2,38,39,43). The molecule has 2 fully saturated rings. The molecule has 9 nitrogen and oxygen atoms in total. The van der Waals surface area contributed by atoms with Crippen molar-refractivity contribution < 1.29 is 9.53 Å². The molecule has 5 heterocycles. The van der Waals surface area contributed by atoms with Gasteiger partial charge in [0.1, 0.15) is 5.82 Å². The third-order valence-corrected chi connectivity index (χ3v) is 8.55. The summed E-state index contributed by atoms with van der Waals surface area (Å²) in [7, 11) is 0. The van der Waals surface area contributed by atoms with Crippen LogP contribution in [-0.4, -0.2) is 56.0 Å². The third-order valence-electron chi connectivity index (χ3n) is 8.55. The van der Waals surface area contributed by atoms with Crippen molar-refractivity contribution in [3.8, 4) is 16.8 Å². The summed E-state index contributed by atoms with van der Waals surface area (Å²) in [4.78, 5) is 25.1. The smallest absolute Gasteiger partial charge is 0.324 e. The van der Waals surface area contributed by atoms with Gasteiger partial charge < -0.3 is 10.1 Å². The van der Waals surface area contributed by atoms with Gasteiger partial charge in [0.05, 0.1) is 41.7 Å². The maximum Gasteiger partial charge on any atom is 0.324 e. The number of amides is 2. The quantitative estimate of drug-likeness (QED) is 0.229. The molecule has 0 radical (unpaired) electrons. The van der Waals surface area contributed by atoms with E-state index in [1.165, 1.54) is 0 Å². The van der Waals surface area contributed by atoms with E-state index in [0.29, 0.717) is 18.0 Å². The lowest BCUT2D eigenvalue weighted by molar-refractivity contribution is 0.0268. The Morgan fingerprint density at radius 1 is 0.977 bits per heavy atom.